The summed E-state index contributed by atoms with van der Waals surface area (Å²) in [5.41, 5.74) is 3.19. The lowest BCUT2D eigenvalue weighted by Gasteiger charge is -2.18. The maximum Gasteiger partial charge on any atom is 0.0752 e. The van der Waals surface area contributed by atoms with Crippen LogP contribution in [-0.2, 0) is 0 Å². The molecule has 1 aromatic carbocycles. The van der Waals surface area contributed by atoms with E-state index in [4.69, 9.17) is 11.6 Å². The average molecular weight is 275 g/mol. The first-order chi connectivity index (χ1) is 9.15. The van der Waals surface area contributed by atoms with E-state index in [1.165, 1.54) is 19.3 Å². The van der Waals surface area contributed by atoms with E-state index in [0.29, 0.717) is 6.04 Å². The van der Waals surface area contributed by atoms with Crippen LogP contribution in [-0.4, -0.2) is 11.0 Å². The van der Waals surface area contributed by atoms with E-state index in [9.17, 15) is 0 Å². The van der Waals surface area contributed by atoms with E-state index < -0.39 is 0 Å². The molecule has 1 N–H and O–H groups in total. The van der Waals surface area contributed by atoms with E-state index in [1.807, 2.05) is 18.3 Å². The molecule has 1 atom stereocenters. The van der Waals surface area contributed by atoms with Gasteiger partial charge in [-0.2, -0.15) is 0 Å². The standard InChI is InChI=1S/C16H19ClN2/c1-10-8-14(17)16(13-4-3-7-18-15(10)13)19-11(2)9-12-5-6-12/h3-4,7-8,11-12,19H,5-6,9H2,1-2H3. The molecule has 1 unspecified atom stereocenters. The van der Waals surface area contributed by atoms with Gasteiger partial charge >= 0.3 is 0 Å². The number of halogens is 1. The van der Waals surface area contributed by atoms with Crippen LogP contribution in [0.25, 0.3) is 10.9 Å². The molecule has 1 saturated carbocycles. The van der Waals surface area contributed by atoms with Gasteiger partial charge in [-0.15, -0.1) is 0 Å². The quantitative estimate of drug-likeness (QED) is 0.866. The second kappa shape index (κ2) is 5.01. The zero-order valence-corrected chi connectivity index (χ0v) is 12.2. The van der Waals surface area contributed by atoms with E-state index in [1.54, 1.807) is 0 Å². The Hall–Kier alpha value is -1.28. The van der Waals surface area contributed by atoms with E-state index in [-0.39, 0.29) is 0 Å². The van der Waals surface area contributed by atoms with E-state index >= 15 is 0 Å². The minimum Gasteiger partial charge on any atom is -0.381 e. The maximum absolute atomic E-state index is 6.41. The van der Waals surface area contributed by atoms with Gasteiger partial charge in [-0.25, -0.2) is 0 Å². The zero-order valence-electron chi connectivity index (χ0n) is 11.4. The van der Waals surface area contributed by atoms with Crippen molar-refractivity contribution in [2.45, 2.75) is 39.2 Å². The van der Waals surface area contributed by atoms with Crippen LogP contribution < -0.4 is 5.32 Å². The summed E-state index contributed by atoms with van der Waals surface area (Å²) >= 11 is 6.41. The van der Waals surface area contributed by atoms with Crippen molar-refractivity contribution in [3.8, 4) is 0 Å². The second-order valence-electron chi connectivity index (χ2n) is 5.67. The Bertz CT molecular complexity index is 605. The Labute approximate surface area is 119 Å². The first kappa shape index (κ1) is 12.7. The summed E-state index contributed by atoms with van der Waals surface area (Å²) in [7, 11) is 0. The van der Waals surface area contributed by atoms with Gasteiger partial charge in [0.05, 0.1) is 16.2 Å². The topological polar surface area (TPSA) is 24.9 Å². The highest BCUT2D eigenvalue weighted by atomic mass is 35.5. The van der Waals surface area contributed by atoms with Gasteiger partial charge in [0.25, 0.3) is 0 Å². The van der Waals surface area contributed by atoms with Crippen molar-refractivity contribution in [3.05, 3.63) is 35.0 Å². The molecule has 100 valence electrons. The summed E-state index contributed by atoms with van der Waals surface area (Å²) in [6, 6.07) is 6.52. The summed E-state index contributed by atoms with van der Waals surface area (Å²) in [6.45, 7) is 4.29. The maximum atomic E-state index is 6.41. The summed E-state index contributed by atoms with van der Waals surface area (Å²) in [6.07, 6.45) is 5.83. The van der Waals surface area contributed by atoms with Gasteiger partial charge in [0, 0.05) is 17.6 Å². The molecule has 19 heavy (non-hydrogen) atoms. The van der Waals surface area contributed by atoms with Crippen LogP contribution in [0.4, 0.5) is 5.69 Å². The van der Waals surface area contributed by atoms with Crippen LogP contribution in [0.1, 0.15) is 31.7 Å². The molecule has 0 amide bonds. The Balaban J connectivity index is 1.96. The minimum atomic E-state index is 0.455. The van der Waals surface area contributed by atoms with Gasteiger partial charge in [0.1, 0.15) is 0 Å². The molecule has 1 aliphatic carbocycles. The monoisotopic (exact) mass is 274 g/mol. The van der Waals surface area contributed by atoms with Crippen molar-refractivity contribution in [3.63, 3.8) is 0 Å². The van der Waals surface area contributed by atoms with Crippen LogP contribution in [0.2, 0.25) is 5.02 Å². The van der Waals surface area contributed by atoms with Gasteiger partial charge in [-0.05, 0) is 49.9 Å². The summed E-state index contributed by atoms with van der Waals surface area (Å²) in [5.74, 6) is 0.913. The second-order valence-corrected chi connectivity index (χ2v) is 6.08. The predicted molar refractivity (Wildman–Crippen MR) is 81.9 cm³/mol. The van der Waals surface area contributed by atoms with Crippen LogP contribution in [0, 0.1) is 12.8 Å². The molecule has 2 nitrogen and oxygen atoms in total. The third kappa shape index (κ3) is 2.69. The number of benzene rings is 1. The predicted octanol–water partition coefficient (Wildman–Crippen LogP) is 4.80. The first-order valence-electron chi connectivity index (χ1n) is 6.95. The normalized spacial score (nSPS) is 16.6. The van der Waals surface area contributed by atoms with Crippen molar-refractivity contribution < 1.29 is 0 Å². The van der Waals surface area contributed by atoms with E-state index in [0.717, 1.165) is 33.1 Å². The summed E-state index contributed by atoms with van der Waals surface area (Å²) in [4.78, 5) is 4.46. The lowest BCUT2D eigenvalue weighted by atomic mass is 10.1. The number of aryl methyl sites for hydroxylation is 1. The number of aromatic nitrogens is 1. The highest BCUT2D eigenvalue weighted by Gasteiger charge is 2.24. The molecule has 2 aromatic rings. The minimum absolute atomic E-state index is 0.455. The SMILES string of the molecule is Cc1cc(Cl)c(NC(C)CC2CC2)c2cccnc12. The first-order valence-corrected chi connectivity index (χ1v) is 7.33. The van der Waals surface area contributed by atoms with Crippen molar-refractivity contribution in [2.24, 2.45) is 5.92 Å². The lowest BCUT2D eigenvalue weighted by molar-refractivity contribution is 0.643. The number of hydrogen-bond acceptors (Lipinski definition) is 2. The highest BCUT2D eigenvalue weighted by molar-refractivity contribution is 6.35. The molecule has 0 radical (unpaired) electrons. The Morgan fingerprint density at radius 1 is 1.47 bits per heavy atom. The Morgan fingerprint density at radius 2 is 2.26 bits per heavy atom. The van der Waals surface area contributed by atoms with Gasteiger partial charge in [0.2, 0.25) is 0 Å². The third-order valence-electron chi connectivity index (χ3n) is 3.81. The fourth-order valence-electron chi connectivity index (χ4n) is 2.69. The number of anilines is 1. The molecule has 3 rings (SSSR count). The van der Waals surface area contributed by atoms with Crippen molar-refractivity contribution in [1.29, 1.82) is 0 Å². The molecular formula is C16H19ClN2. The van der Waals surface area contributed by atoms with Gasteiger partial charge in [-0.1, -0.05) is 24.4 Å². The number of rotatable bonds is 4. The molecule has 1 aromatic heterocycles. The van der Waals surface area contributed by atoms with Crippen molar-refractivity contribution in [2.75, 3.05) is 5.32 Å². The summed E-state index contributed by atoms with van der Waals surface area (Å²) in [5, 5.41) is 5.49. The molecule has 1 heterocycles. The largest absolute Gasteiger partial charge is 0.381 e. The Morgan fingerprint density at radius 3 is 3.00 bits per heavy atom. The number of fused-ring (bicyclic) bond motifs is 1. The number of nitrogens with zero attached hydrogens (tertiary/aromatic N) is 1. The third-order valence-corrected chi connectivity index (χ3v) is 4.11. The molecule has 0 saturated heterocycles. The number of nitrogens with one attached hydrogen (secondary N) is 1. The van der Waals surface area contributed by atoms with E-state index in [2.05, 4.69) is 30.2 Å². The zero-order chi connectivity index (χ0) is 13.4. The lowest BCUT2D eigenvalue weighted by Crippen LogP contribution is -2.16. The average Bonchev–Trinajstić information content (AvgIpc) is 3.18. The fraction of sp³-hybridized carbons (Fsp3) is 0.438. The highest BCUT2D eigenvalue weighted by Crippen LogP contribution is 2.37. The molecule has 0 bridgehead atoms. The molecule has 1 fully saturated rings. The van der Waals surface area contributed by atoms with Gasteiger partial charge in [0.15, 0.2) is 0 Å². The Kier molecular flexibility index (Phi) is 3.36. The van der Waals surface area contributed by atoms with Crippen molar-refractivity contribution in [1.82, 2.24) is 4.98 Å². The number of pyridine rings is 1. The molecule has 0 aliphatic heterocycles. The van der Waals surface area contributed by atoms with Gasteiger partial charge < -0.3 is 5.32 Å². The smallest absolute Gasteiger partial charge is 0.0752 e. The molecule has 3 heteroatoms. The van der Waals surface area contributed by atoms with Gasteiger partial charge in [-0.3, -0.25) is 4.98 Å². The molecule has 1 aliphatic rings. The summed E-state index contributed by atoms with van der Waals surface area (Å²) < 4.78 is 0. The van der Waals surface area contributed by atoms with Crippen LogP contribution in [0.3, 0.4) is 0 Å². The fourth-order valence-corrected chi connectivity index (χ4v) is 3.01. The van der Waals surface area contributed by atoms with Crippen LogP contribution in [0.5, 0.6) is 0 Å². The van der Waals surface area contributed by atoms with Crippen molar-refractivity contribution >= 4 is 28.2 Å². The number of hydrogen-bond donors (Lipinski definition) is 1. The van der Waals surface area contributed by atoms with Crippen LogP contribution in [0.15, 0.2) is 24.4 Å². The van der Waals surface area contributed by atoms with Crippen LogP contribution >= 0.6 is 11.6 Å². The molecule has 0 spiro atoms. The molecular weight excluding hydrogens is 256 g/mol.